The van der Waals surface area contributed by atoms with Gasteiger partial charge in [0.15, 0.2) is 5.60 Å². The lowest BCUT2D eigenvalue weighted by atomic mass is 9.85. The van der Waals surface area contributed by atoms with Crippen LogP contribution in [0.5, 0.6) is 5.75 Å². The number of nitro groups is 1. The van der Waals surface area contributed by atoms with Gasteiger partial charge in [-0.25, -0.2) is 5.43 Å². The number of aliphatic hydroxyl groups is 1. The molecule has 1 aromatic heterocycles. The van der Waals surface area contributed by atoms with Crippen molar-refractivity contribution in [2.75, 3.05) is 0 Å². The summed E-state index contributed by atoms with van der Waals surface area (Å²) in [5.41, 5.74) is 1.03. The molecule has 0 saturated heterocycles. The number of furan rings is 1. The average molecular weight is 457 g/mol. The molecule has 0 aliphatic heterocycles. The monoisotopic (exact) mass is 457 g/mol. The van der Waals surface area contributed by atoms with Gasteiger partial charge in [-0.15, -0.1) is 0 Å². The minimum atomic E-state index is -1.98. The quantitative estimate of drug-likeness (QED) is 0.218. The second-order valence-corrected chi connectivity index (χ2v) is 7.30. The standard InChI is InChI=1S/C25H19N3O6/c29-22-13-11-19(28(32)33)15-21(22)23-14-12-20(34-23)16-26-27-24(30)25(31,17-7-3-1-4-8-17)18-9-5-2-6-10-18/h1-16,29,31H,(H,27,30)/b26-16+. The summed E-state index contributed by atoms with van der Waals surface area (Å²) in [6.07, 6.45) is 1.21. The number of nitrogens with zero attached hydrogens (tertiary/aromatic N) is 2. The second-order valence-electron chi connectivity index (χ2n) is 7.30. The van der Waals surface area contributed by atoms with Crippen molar-refractivity contribution >= 4 is 17.8 Å². The highest BCUT2D eigenvalue weighted by Crippen LogP contribution is 2.33. The average Bonchev–Trinajstić information content (AvgIpc) is 3.33. The first-order valence-electron chi connectivity index (χ1n) is 10.1. The van der Waals surface area contributed by atoms with Crippen molar-refractivity contribution in [1.29, 1.82) is 0 Å². The van der Waals surface area contributed by atoms with Crippen LogP contribution >= 0.6 is 0 Å². The normalized spacial score (nSPS) is 11.4. The van der Waals surface area contributed by atoms with Crippen molar-refractivity contribution < 1.29 is 24.3 Å². The molecule has 0 aliphatic rings. The van der Waals surface area contributed by atoms with Gasteiger partial charge in [0.25, 0.3) is 11.6 Å². The smallest absolute Gasteiger partial charge is 0.281 e. The molecule has 0 spiro atoms. The third kappa shape index (κ3) is 4.41. The molecular weight excluding hydrogens is 438 g/mol. The first-order chi connectivity index (χ1) is 16.4. The minimum absolute atomic E-state index is 0.139. The van der Waals surface area contributed by atoms with Gasteiger partial charge in [-0.1, -0.05) is 60.7 Å². The van der Waals surface area contributed by atoms with Crippen LogP contribution in [-0.4, -0.2) is 27.3 Å². The lowest BCUT2D eigenvalue weighted by molar-refractivity contribution is -0.384. The van der Waals surface area contributed by atoms with Gasteiger partial charge in [0, 0.05) is 12.1 Å². The van der Waals surface area contributed by atoms with E-state index in [4.69, 9.17) is 4.42 Å². The number of amides is 1. The van der Waals surface area contributed by atoms with Gasteiger partial charge in [0.1, 0.15) is 17.3 Å². The maximum absolute atomic E-state index is 13.0. The minimum Gasteiger partial charge on any atom is -0.507 e. The van der Waals surface area contributed by atoms with Crippen molar-refractivity contribution in [3.05, 3.63) is 118 Å². The molecule has 4 rings (SSSR count). The van der Waals surface area contributed by atoms with Gasteiger partial charge < -0.3 is 14.6 Å². The molecule has 0 atom stereocenters. The second kappa shape index (κ2) is 9.39. The largest absolute Gasteiger partial charge is 0.507 e. The number of non-ortho nitro benzene ring substituents is 1. The summed E-state index contributed by atoms with van der Waals surface area (Å²) >= 11 is 0. The fourth-order valence-corrected chi connectivity index (χ4v) is 3.42. The third-order valence-corrected chi connectivity index (χ3v) is 5.15. The highest BCUT2D eigenvalue weighted by molar-refractivity contribution is 5.91. The van der Waals surface area contributed by atoms with E-state index in [-0.39, 0.29) is 28.5 Å². The van der Waals surface area contributed by atoms with Crippen LogP contribution < -0.4 is 5.43 Å². The molecule has 0 unspecified atom stereocenters. The van der Waals surface area contributed by atoms with Gasteiger partial charge in [-0.2, -0.15) is 5.10 Å². The number of benzene rings is 3. The molecule has 4 aromatic rings. The summed E-state index contributed by atoms with van der Waals surface area (Å²) < 4.78 is 5.58. The maximum Gasteiger partial charge on any atom is 0.281 e. The topological polar surface area (TPSA) is 138 Å². The highest BCUT2D eigenvalue weighted by atomic mass is 16.6. The van der Waals surface area contributed by atoms with E-state index in [1.54, 1.807) is 60.7 Å². The van der Waals surface area contributed by atoms with E-state index in [9.17, 15) is 25.1 Å². The van der Waals surface area contributed by atoms with Crippen LogP contribution in [0.25, 0.3) is 11.3 Å². The number of carbonyl (C=O) groups is 1. The van der Waals surface area contributed by atoms with Gasteiger partial charge in [-0.3, -0.25) is 14.9 Å². The van der Waals surface area contributed by atoms with Gasteiger partial charge >= 0.3 is 0 Å². The summed E-state index contributed by atoms with van der Waals surface area (Å²) in [5, 5.41) is 36.3. The molecule has 1 amide bonds. The molecule has 0 radical (unpaired) electrons. The van der Waals surface area contributed by atoms with Crippen molar-refractivity contribution in [2.24, 2.45) is 5.10 Å². The molecule has 0 fully saturated rings. The van der Waals surface area contributed by atoms with Crippen LogP contribution in [0.3, 0.4) is 0 Å². The number of hydrazone groups is 1. The van der Waals surface area contributed by atoms with Crippen molar-refractivity contribution in [2.45, 2.75) is 5.60 Å². The molecule has 34 heavy (non-hydrogen) atoms. The van der Waals surface area contributed by atoms with E-state index in [0.29, 0.717) is 11.1 Å². The number of phenols is 1. The van der Waals surface area contributed by atoms with Crippen LogP contribution in [0.15, 0.2) is 101 Å². The molecule has 170 valence electrons. The Hall–Kier alpha value is -4.76. The fourth-order valence-electron chi connectivity index (χ4n) is 3.42. The van der Waals surface area contributed by atoms with E-state index < -0.39 is 16.4 Å². The zero-order valence-electron chi connectivity index (χ0n) is 17.7. The number of aromatic hydroxyl groups is 1. The Kier molecular flexibility index (Phi) is 6.20. The van der Waals surface area contributed by atoms with E-state index in [0.717, 1.165) is 0 Å². The molecular formula is C25H19N3O6. The summed E-state index contributed by atoms with van der Waals surface area (Å²) in [5.74, 6) is -0.569. The fraction of sp³-hybridized carbons (Fsp3) is 0.0400. The zero-order chi connectivity index (χ0) is 24.1. The highest BCUT2D eigenvalue weighted by Gasteiger charge is 2.39. The first kappa shape index (κ1) is 22.4. The van der Waals surface area contributed by atoms with E-state index >= 15 is 0 Å². The SMILES string of the molecule is O=C(N/N=C/c1ccc(-c2cc([N+](=O)[O-])ccc2O)o1)C(O)(c1ccccc1)c1ccccc1. The van der Waals surface area contributed by atoms with Crippen molar-refractivity contribution in [1.82, 2.24) is 5.43 Å². The van der Waals surface area contributed by atoms with Gasteiger partial charge in [0.2, 0.25) is 0 Å². The molecule has 1 heterocycles. The molecule has 9 nitrogen and oxygen atoms in total. The molecule has 3 N–H and O–H groups in total. The Morgan fingerprint density at radius 2 is 1.59 bits per heavy atom. The van der Waals surface area contributed by atoms with Gasteiger partial charge in [-0.05, 0) is 29.3 Å². The maximum atomic E-state index is 13.0. The lowest BCUT2D eigenvalue weighted by Crippen LogP contribution is -2.43. The summed E-state index contributed by atoms with van der Waals surface area (Å²) in [4.78, 5) is 23.5. The van der Waals surface area contributed by atoms with Crippen LogP contribution in [0.1, 0.15) is 16.9 Å². The Bertz CT molecular complexity index is 1310. The summed E-state index contributed by atoms with van der Waals surface area (Å²) in [7, 11) is 0. The number of hydrogen-bond acceptors (Lipinski definition) is 7. The van der Waals surface area contributed by atoms with Crippen LogP contribution in [0.4, 0.5) is 5.69 Å². The Balaban J connectivity index is 1.56. The molecule has 9 heteroatoms. The molecule has 0 aliphatic carbocycles. The number of hydrogen-bond donors (Lipinski definition) is 3. The lowest BCUT2D eigenvalue weighted by Gasteiger charge is -2.26. The van der Waals surface area contributed by atoms with Crippen molar-refractivity contribution in [3.63, 3.8) is 0 Å². The Labute approximate surface area is 193 Å². The Morgan fingerprint density at radius 3 is 2.18 bits per heavy atom. The van der Waals surface area contributed by atoms with Crippen LogP contribution in [0.2, 0.25) is 0 Å². The zero-order valence-corrected chi connectivity index (χ0v) is 17.7. The summed E-state index contributed by atoms with van der Waals surface area (Å²) in [6.45, 7) is 0. The molecule has 3 aromatic carbocycles. The number of nitrogens with one attached hydrogen (secondary N) is 1. The van der Waals surface area contributed by atoms with Crippen LogP contribution in [-0.2, 0) is 10.4 Å². The van der Waals surface area contributed by atoms with Crippen molar-refractivity contribution in [3.8, 4) is 17.1 Å². The molecule has 0 saturated carbocycles. The van der Waals surface area contributed by atoms with E-state index in [1.165, 1.54) is 36.5 Å². The predicted molar refractivity (Wildman–Crippen MR) is 124 cm³/mol. The summed E-state index contributed by atoms with van der Waals surface area (Å²) in [6, 6.07) is 23.6. The van der Waals surface area contributed by atoms with E-state index in [2.05, 4.69) is 10.5 Å². The number of carbonyl (C=O) groups excluding carboxylic acids is 1. The molecule has 0 bridgehead atoms. The number of nitro benzene ring substituents is 1. The third-order valence-electron chi connectivity index (χ3n) is 5.15. The number of phenolic OH excluding ortho intramolecular Hbond substituents is 1. The van der Waals surface area contributed by atoms with Gasteiger partial charge in [0.05, 0.1) is 16.7 Å². The van der Waals surface area contributed by atoms with Crippen LogP contribution in [0, 0.1) is 10.1 Å². The first-order valence-corrected chi connectivity index (χ1v) is 10.1. The van der Waals surface area contributed by atoms with E-state index in [1.807, 2.05) is 0 Å². The predicted octanol–water partition coefficient (Wildman–Crippen LogP) is 3.95. The number of rotatable bonds is 7. The Morgan fingerprint density at radius 1 is 0.971 bits per heavy atom.